The van der Waals surface area contributed by atoms with E-state index < -0.39 is 5.79 Å². The molecular weight excluding hydrogens is 524 g/mol. The van der Waals surface area contributed by atoms with Gasteiger partial charge in [-0.1, -0.05) is 91.9 Å². The fraction of sp³-hybridized carbons (Fsp3) is 0.278. The van der Waals surface area contributed by atoms with Crippen molar-refractivity contribution in [2.45, 2.75) is 50.3 Å². The third-order valence-corrected chi connectivity index (χ3v) is 8.79. The van der Waals surface area contributed by atoms with E-state index in [1.54, 1.807) is 0 Å². The van der Waals surface area contributed by atoms with E-state index in [4.69, 9.17) is 28.9 Å². The molecule has 0 amide bonds. The van der Waals surface area contributed by atoms with Crippen molar-refractivity contribution in [1.29, 1.82) is 0 Å². The molecule has 0 aliphatic carbocycles. The molecule has 4 aliphatic heterocycles. The second-order valence-electron chi connectivity index (χ2n) is 11.3. The SMILES string of the molecule is CC[C@@H]1O[C@@]2(O[C@@H](C)c3cccc(C4=N[C@H](c5ccccc5)CO4)c32)c2c(C3=N[C@H](c4ccccc4)CO3)cccc21. The largest absolute Gasteiger partial charge is 0.475 e. The Morgan fingerprint density at radius 1 is 0.643 bits per heavy atom. The average Bonchev–Trinajstić information content (AvgIpc) is 3.84. The van der Waals surface area contributed by atoms with Crippen molar-refractivity contribution in [1.82, 2.24) is 0 Å². The fourth-order valence-electron chi connectivity index (χ4n) is 6.84. The van der Waals surface area contributed by atoms with Gasteiger partial charge >= 0.3 is 0 Å². The van der Waals surface area contributed by atoms with E-state index in [1.807, 2.05) is 36.4 Å². The number of rotatable bonds is 5. The van der Waals surface area contributed by atoms with E-state index in [0.29, 0.717) is 25.0 Å². The highest BCUT2D eigenvalue weighted by molar-refractivity contribution is 6.00. The van der Waals surface area contributed by atoms with Crippen LogP contribution in [0.2, 0.25) is 0 Å². The minimum atomic E-state index is -1.13. The second kappa shape index (κ2) is 9.93. The van der Waals surface area contributed by atoms with Crippen molar-refractivity contribution in [3.8, 4) is 0 Å². The Kier molecular flexibility index (Phi) is 6.02. The first-order valence-corrected chi connectivity index (χ1v) is 14.8. The van der Waals surface area contributed by atoms with Crippen LogP contribution in [0, 0.1) is 0 Å². The molecule has 5 atom stereocenters. The van der Waals surface area contributed by atoms with E-state index in [-0.39, 0.29) is 24.3 Å². The highest BCUT2D eigenvalue weighted by Gasteiger charge is 2.57. The van der Waals surface area contributed by atoms with Gasteiger partial charge in [-0.05, 0) is 47.7 Å². The summed E-state index contributed by atoms with van der Waals surface area (Å²) in [6, 6.07) is 33.1. The molecule has 4 heterocycles. The Bertz CT molecular complexity index is 1720. The Morgan fingerprint density at radius 3 is 1.71 bits per heavy atom. The van der Waals surface area contributed by atoms with Crippen molar-refractivity contribution in [2.24, 2.45) is 9.98 Å². The highest BCUT2D eigenvalue weighted by Crippen LogP contribution is 2.58. The number of nitrogens with zero attached hydrogens (tertiary/aromatic N) is 2. The minimum Gasteiger partial charge on any atom is -0.475 e. The smallest absolute Gasteiger partial charge is 0.225 e. The second-order valence-corrected chi connectivity index (χ2v) is 11.3. The lowest BCUT2D eigenvalue weighted by molar-refractivity contribution is -0.232. The maximum atomic E-state index is 7.01. The van der Waals surface area contributed by atoms with Crippen LogP contribution in [0.4, 0.5) is 0 Å². The molecule has 6 heteroatoms. The van der Waals surface area contributed by atoms with Crippen LogP contribution in [0.1, 0.15) is 89.1 Å². The maximum Gasteiger partial charge on any atom is 0.225 e. The Hall–Kier alpha value is -4.26. The van der Waals surface area contributed by atoms with Crippen LogP contribution in [-0.2, 0) is 24.7 Å². The van der Waals surface area contributed by atoms with Gasteiger partial charge in [-0.15, -0.1) is 0 Å². The molecule has 0 unspecified atom stereocenters. The van der Waals surface area contributed by atoms with Gasteiger partial charge in [-0.25, -0.2) is 9.98 Å². The summed E-state index contributed by atoms with van der Waals surface area (Å²) in [6.45, 7) is 5.23. The molecule has 6 nitrogen and oxygen atoms in total. The molecular formula is C36H32N2O4. The van der Waals surface area contributed by atoms with Gasteiger partial charge in [0.2, 0.25) is 17.6 Å². The minimum absolute atomic E-state index is 0.0558. The Labute approximate surface area is 245 Å². The van der Waals surface area contributed by atoms with Gasteiger partial charge in [0.15, 0.2) is 0 Å². The lowest BCUT2D eigenvalue weighted by Crippen LogP contribution is -2.31. The Morgan fingerprint density at radius 2 is 1.17 bits per heavy atom. The summed E-state index contributed by atoms with van der Waals surface area (Å²) in [4.78, 5) is 10.1. The molecule has 4 aromatic rings. The summed E-state index contributed by atoms with van der Waals surface area (Å²) < 4.78 is 26.5. The van der Waals surface area contributed by atoms with E-state index in [2.05, 4.69) is 74.5 Å². The van der Waals surface area contributed by atoms with Crippen molar-refractivity contribution >= 4 is 11.8 Å². The van der Waals surface area contributed by atoms with Crippen LogP contribution in [0.15, 0.2) is 107 Å². The molecule has 210 valence electrons. The molecule has 0 N–H and O–H groups in total. The number of hydrogen-bond donors (Lipinski definition) is 0. The van der Waals surface area contributed by atoms with E-state index >= 15 is 0 Å². The van der Waals surface area contributed by atoms with E-state index in [1.165, 1.54) is 0 Å². The van der Waals surface area contributed by atoms with Crippen molar-refractivity contribution in [3.05, 3.63) is 142 Å². The summed E-state index contributed by atoms with van der Waals surface area (Å²) in [5.41, 5.74) is 8.22. The average molecular weight is 557 g/mol. The van der Waals surface area contributed by atoms with Crippen LogP contribution in [0.3, 0.4) is 0 Å². The van der Waals surface area contributed by atoms with Gasteiger partial charge < -0.3 is 18.9 Å². The molecule has 0 saturated carbocycles. The molecule has 0 aromatic heterocycles. The topological polar surface area (TPSA) is 61.6 Å². The predicted octanol–water partition coefficient (Wildman–Crippen LogP) is 7.50. The van der Waals surface area contributed by atoms with Gasteiger partial charge in [0.25, 0.3) is 0 Å². The number of benzene rings is 4. The zero-order valence-electron chi connectivity index (χ0n) is 23.7. The zero-order chi connectivity index (χ0) is 28.3. The first-order chi connectivity index (χ1) is 20.7. The lowest BCUT2D eigenvalue weighted by Gasteiger charge is -2.29. The molecule has 0 saturated heterocycles. The van der Waals surface area contributed by atoms with Gasteiger partial charge in [0.05, 0.1) is 12.2 Å². The summed E-state index contributed by atoms with van der Waals surface area (Å²) in [5, 5.41) is 0. The third kappa shape index (κ3) is 3.86. The fourth-order valence-corrected chi connectivity index (χ4v) is 6.84. The van der Waals surface area contributed by atoms with E-state index in [9.17, 15) is 0 Å². The lowest BCUT2D eigenvalue weighted by atomic mass is 9.86. The molecule has 8 rings (SSSR count). The van der Waals surface area contributed by atoms with Crippen molar-refractivity contribution in [3.63, 3.8) is 0 Å². The molecule has 4 aromatic carbocycles. The summed E-state index contributed by atoms with van der Waals surface area (Å²) in [5.74, 6) is 0.117. The third-order valence-electron chi connectivity index (χ3n) is 8.79. The highest BCUT2D eigenvalue weighted by atomic mass is 16.7. The molecule has 1 spiro atoms. The predicted molar refractivity (Wildman–Crippen MR) is 161 cm³/mol. The number of aliphatic imine (C=N–C) groups is 2. The Balaban J connectivity index is 1.28. The first kappa shape index (κ1) is 25.5. The first-order valence-electron chi connectivity index (χ1n) is 14.8. The monoisotopic (exact) mass is 556 g/mol. The van der Waals surface area contributed by atoms with Crippen molar-refractivity contribution < 1.29 is 18.9 Å². The molecule has 0 radical (unpaired) electrons. The maximum absolute atomic E-state index is 7.01. The molecule has 0 fully saturated rings. The van der Waals surface area contributed by atoms with Crippen LogP contribution < -0.4 is 0 Å². The zero-order valence-corrected chi connectivity index (χ0v) is 23.7. The quantitative estimate of drug-likeness (QED) is 0.255. The van der Waals surface area contributed by atoms with Crippen LogP contribution in [-0.4, -0.2) is 25.0 Å². The van der Waals surface area contributed by atoms with Crippen LogP contribution >= 0.6 is 0 Å². The van der Waals surface area contributed by atoms with Gasteiger partial charge in [-0.2, -0.15) is 0 Å². The van der Waals surface area contributed by atoms with Crippen LogP contribution in [0.5, 0.6) is 0 Å². The number of hydrogen-bond acceptors (Lipinski definition) is 6. The van der Waals surface area contributed by atoms with E-state index in [0.717, 1.165) is 50.9 Å². The molecule has 0 bridgehead atoms. The standard InChI is InChI=1S/C36H32N2O4/c1-3-31-26-17-11-19-28(35-38-30(21-40-35)24-14-8-5-9-15-24)33(26)36(42-31)32-25(22(2)41-36)16-10-18-27(32)34-37-29(20-39-34)23-12-6-4-7-13-23/h4-19,22,29-31H,3,20-21H2,1-2H3/t22-,29-,30-,31-,36+/m0/s1. The summed E-state index contributed by atoms with van der Waals surface area (Å²) in [7, 11) is 0. The van der Waals surface area contributed by atoms with Crippen molar-refractivity contribution in [2.75, 3.05) is 13.2 Å². The number of ether oxygens (including phenoxy) is 4. The molecule has 4 aliphatic rings. The van der Waals surface area contributed by atoms with Crippen LogP contribution in [0.25, 0.3) is 0 Å². The van der Waals surface area contributed by atoms with Gasteiger partial charge in [0.1, 0.15) is 25.3 Å². The van der Waals surface area contributed by atoms with Gasteiger partial charge in [0, 0.05) is 22.3 Å². The molecule has 42 heavy (non-hydrogen) atoms. The number of fused-ring (bicyclic) bond motifs is 4. The van der Waals surface area contributed by atoms with Gasteiger partial charge in [-0.3, -0.25) is 0 Å². The summed E-state index contributed by atoms with van der Waals surface area (Å²) >= 11 is 0. The summed E-state index contributed by atoms with van der Waals surface area (Å²) in [6.07, 6.45) is 0.481. The normalized spacial score (nSPS) is 27.3.